The van der Waals surface area contributed by atoms with Crippen LogP contribution in [-0.4, -0.2) is 37.1 Å². The van der Waals surface area contributed by atoms with Crippen LogP contribution in [0.15, 0.2) is 0 Å². The molecule has 1 rings (SSSR count). The molecule has 0 spiro atoms. The molecule has 1 aliphatic heterocycles. The first-order valence-electron chi connectivity index (χ1n) is 6.47. The van der Waals surface area contributed by atoms with E-state index in [9.17, 15) is 0 Å². The van der Waals surface area contributed by atoms with Crippen LogP contribution in [0.2, 0.25) is 0 Å². The van der Waals surface area contributed by atoms with Gasteiger partial charge in [0.05, 0.1) is 0 Å². The Morgan fingerprint density at radius 2 is 2.07 bits per heavy atom. The molecule has 0 amide bonds. The average molecular weight is 212 g/mol. The predicted molar refractivity (Wildman–Crippen MR) is 67.2 cm³/mol. The molecule has 2 nitrogen and oxygen atoms in total. The molecule has 2 heteroatoms. The molecular formula is C13H28N2. The number of nitrogens with zero attached hydrogens (tertiary/aromatic N) is 1. The Morgan fingerprint density at radius 1 is 1.33 bits per heavy atom. The molecule has 1 atom stereocenters. The number of rotatable bonds is 4. The highest BCUT2D eigenvalue weighted by atomic mass is 15.2. The number of nitrogens with one attached hydrogen (secondary N) is 1. The number of likely N-dealkylation sites (N-methyl/N-ethyl adjacent to an activating group) is 1. The summed E-state index contributed by atoms with van der Waals surface area (Å²) in [5, 5.41) is 3.70. The van der Waals surface area contributed by atoms with Crippen LogP contribution in [0.3, 0.4) is 0 Å². The predicted octanol–water partition coefficient (Wildman–Crippen LogP) is 2.50. The van der Waals surface area contributed by atoms with Gasteiger partial charge in [0.25, 0.3) is 0 Å². The first kappa shape index (κ1) is 13.0. The van der Waals surface area contributed by atoms with Crippen LogP contribution in [0, 0.1) is 5.41 Å². The van der Waals surface area contributed by atoms with Crippen LogP contribution in [0.25, 0.3) is 0 Å². The van der Waals surface area contributed by atoms with Gasteiger partial charge in [0.1, 0.15) is 0 Å². The Labute approximate surface area is 95.4 Å². The molecule has 0 aromatic rings. The van der Waals surface area contributed by atoms with E-state index in [4.69, 9.17) is 0 Å². The maximum absolute atomic E-state index is 3.70. The summed E-state index contributed by atoms with van der Waals surface area (Å²) < 4.78 is 0. The summed E-state index contributed by atoms with van der Waals surface area (Å²) in [5.41, 5.74) is 0.464. The van der Waals surface area contributed by atoms with E-state index in [1.54, 1.807) is 0 Å². The molecule has 0 aromatic heterocycles. The minimum Gasteiger partial charge on any atom is -0.313 e. The third kappa shape index (κ3) is 5.53. The molecule has 90 valence electrons. The zero-order valence-corrected chi connectivity index (χ0v) is 11.0. The maximum atomic E-state index is 3.70. The van der Waals surface area contributed by atoms with Gasteiger partial charge in [0.2, 0.25) is 0 Å². The molecule has 1 saturated heterocycles. The van der Waals surface area contributed by atoms with Gasteiger partial charge in [-0.2, -0.15) is 0 Å². The molecule has 0 bridgehead atoms. The molecule has 0 aliphatic carbocycles. The first-order valence-corrected chi connectivity index (χ1v) is 6.47. The fourth-order valence-electron chi connectivity index (χ4n) is 2.16. The number of likely N-dealkylation sites (tertiary alicyclic amines) is 1. The summed E-state index contributed by atoms with van der Waals surface area (Å²) >= 11 is 0. The summed E-state index contributed by atoms with van der Waals surface area (Å²) in [7, 11) is 0. The average Bonchev–Trinajstić information content (AvgIpc) is 2.16. The minimum atomic E-state index is 0.464. The van der Waals surface area contributed by atoms with Crippen molar-refractivity contribution in [1.82, 2.24) is 10.2 Å². The fraction of sp³-hybridized carbons (Fsp3) is 1.00. The molecular weight excluding hydrogens is 184 g/mol. The molecule has 1 N–H and O–H groups in total. The SMILES string of the molecule is CCN1CCCC(NCCC(C)(C)C)C1. The normalized spacial score (nSPS) is 24.4. The fourth-order valence-corrected chi connectivity index (χ4v) is 2.16. The second-order valence-electron chi connectivity index (χ2n) is 6.00. The van der Waals surface area contributed by atoms with E-state index in [2.05, 4.69) is 37.9 Å². The van der Waals surface area contributed by atoms with Crippen LogP contribution < -0.4 is 5.32 Å². The number of hydrogen-bond acceptors (Lipinski definition) is 2. The standard InChI is InChI=1S/C13H28N2/c1-5-15-10-6-7-12(11-15)14-9-8-13(2,3)4/h12,14H,5-11H2,1-4H3. The molecule has 0 aromatic carbocycles. The van der Waals surface area contributed by atoms with Crippen LogP contribution in [0.1, 0.15) is 47.0 Å². The first-order chi connectivity index (χ1) is 7.01. The van der Waals surface area contributed by atoms with Crippen LogP contribution >= 0.6 is 0 Å². The highest BCUT2D eigenvalue weighted by Crippen LogP contribution is 2.17. The Kier molecular flexibility index (Phi) is 5.07. The lowest BCUT2D eigenvalue weighted by Crippen LogP contribution is -2.46. The topological polar surface area (TPSA) is 15.3 Å². The summed E-state index contributed by atoms with van der Waals surface area (Å²) in [6.07, 6.45) is 4.00. The monoisotopic (exact) mass is 212 g/mol. The van der Waals surface area contributed by atoms with Crippen LogP contribution in [0.5, 0.6) is 0 Å². The molecule has 1 fully saturated rings. The molecule has 15 heavy (non-hydrogen) atoms. The second-order valence-corrected chi connectivity index (χ2v) is 6.00. The quantitative estimate of drug-likeness (QED) is 0.770. The summed E-state index contributed by atoms with van der Waals surface area (Å²) in [5.74, 6) is 0. The third-order valence-electron chi connectivity index (χ3n) is 3.26. The van der Waals surface area contributed by atoms with Crippen molar-refractivity contribution in [2.45, 2.75) is 53.0 Å². The highest BCUT2D eigenvalue weighted by Gasteiger charge is 2.18. The Balaban J connectivity index is 2.15. The molecule has 1 heterocycles. The van der Waals surface area contributed by atoms with Crippen molar-refractivity contribution in [1.29, 1.82) is 0 Å². The number of piperidine rings is 1. The van der Waals surface area contributed by atoms with E-state index in [-0.39, 0.29) is 0 Å². The van der Waals surface area contributed by atoms with Crippen molar-refractivity contribution in [3.8, 4) is 0 Å². The lowest BCUT2D eigenvalue weighted by atomic mass is 9.92. The van der Waals surface area contributed by atoms with E-state index >= 15 is 0 Å². The van der Waals surface area contributed by atoms with Gasteiger partial charge in [0.15, 0.2) is 0 Å². The van der Waals surface area contributed by atoms with Crippen molar-refractivity contribution in [2.75, 3.05) is 26.2 Å². The minimum absolute atomic E-state index is 0.464. The van der Waals surface area contributed by atoms with Crippen molar-refractivity contribution in [3.63, 3.8) is 0 Å². The van der Waals surface area contributed by atoms with E-state index in [0.717, 1.165) is 6.04 Å². The lowest BCUT2D eigenvalue weighted by molar-refractivity contribution is 0.195. The Hall–Kier alpha value is -0.0800. The van der Waals surface area contributed by atoms with Crippen LogP contribution in [0.4, 0.5) is 0 Å². The summed E-state index contributed by atoms with van der Waals surface area (Å²) in [6, 6.07) is 0.737. The highest BCUT2D eigenvalue weighted by molar-refractivity contribution is 4.78. The summed E-state index contributed by atoms with van der Waals surface area (Å²) in [6.45, 7) is 14.1. The second kappa shape index (κ2) is 5.86. The zero-order chi connectivity index (χ0) is 11.3. The van der Waals surface area contributed by atoms with Gasteiger partial charge in [-0.3, -0.25) is 0 Å². The van der Waals surface area contributed by atoms with Crippen molar-refractivity contribution < 1.29 is 0 Å². The maximum Gasteiger partial charge on any atom is 0.0195 e. The number of hydrogen-bond donors (Lipinski definition) is 1. The largest absolute Gasteiger partial charge is 0.313 e. The van der Waals surface area contributed by atoms with Gasteiger partial charge in [-0.15, -0.1) is 0 Å². The van der Waals surface area contributed by atoms with E-state index in [1.165, 1.54) is 45.4 Å². The van der Waals surface area contributed by atoms with Gasteiger partial charge < -0.3 is 10.2 Å². The zero-order valence-electron chi connectivity index (χ0n) is 11.0. The van der Waals surface area contributed by atoms with Crippen molar-refractivity contribution >= 4 is 0 Å². The van der Waals surface area contributed by atoms with Crippen LogP contribution in [-0.2, 0) is 0 Å². The molecule has 1 aliphatic rings. The Bertz CT molecular complexity index is 172. The van der Waals surface area contributed by atoms with Crippen molar-refractivity contribution in [3.05, 3.63) is 0 Å². The van der Waals surface area contributed by atoms with Gasteiger partial charge in [-0.05, 0) is 44.3 Å². The smallest absolute Gasteiger partial charge is 0.0195 e. The van der Waals surface area contributed by atoms with Gasteiger partial charge in [-0.1, -0.05) is 27.7 Å². The van der Waals surface area contributed by atoms with Gasteiger partial charge in [-0.25, -0.2) is 0 Å². The van der Waals surface area contributed by atoms with Gasteiger partial charge >= 0.3 is 0 Å². The third-order valence-corrected chi connectivity index (χ3v) is 3.26. The van der Waals surface area contributed by atoms with Gasteiger partial charge in [0, 0.05) is 12.6 Å². The Morgan fingerprint density at radius 3 is 2.67 bits per heavy atom. The molecule has 0 saturated carbocycles. The molecule has 0 radical (unpaired) electrons. The van der Waals surface area contributed by atoms with E-state index < -0.39 is 0 Å². The van der Waals surface area contributed by atoms with Crippen molar-refractivity contribution in [2.24, 2.45) is 5.41 Å². The molecule has 1 unspecified atom stereocenters. The summed E-state index contributed by atoms with van der Waals surface area (Å²) in [4.78, 5) is 2.55. The van der Waals surface area contributed by atoms with E-state index in [1.807, 2.05) is 0 Å². The van der Waals surface area contributed by atoms with E-state index in [0.29, 0.717) is 5.41 Å². The lowest BCUT2D eigenvalue weighted by Gasteiger charge is -2.33.